The topological polar surface area (TPSA) is 0 Å². The van der Waals surface area contributed by atoms with Crippen molar-refractivity contribution in [1.82, 2.24) is 0 Å². The lowest BCUT2D eigenvalue weighted by Gasteiger charge is -2.35. The van der Waals surface area contributed by atoms with Crippen LogP contribution < -0.4 is 31.8 Å². The van der Waals surface area contributed by atoms with Gasteiger partial charge in [0.2, 0.25) is 0 Å². The van der Waals surface area contributed by atoms with Gasteiger partial charge in [0.25, 0.3) is 0 Å². The molecule has 0 radical (unpaired) electrons. The molecule has 0 aliphatic heterocycles. The Morgan fingerprint density at radius 2 is 0.468 bits per heavy atom. The first-order valence-corrected chi connectivity index (χ1v) is 21.8. The van der Waals surface area contributed by atoms with E-state index in [1.165, 1.54) is 69.6 Å². The Bertz CT molecular complexity index is 1400. The minimum atomic E-state index is -0.445. The van der Waals surface area contributed by atoms with Gasteiger partial charge in [0.05, 0.1) is 0 Å². The van der Waals surface area contributed by atoms with Crippen molar-refractivity contribution >= 4 is 64.8 Å². The van der Waals surface area contributed by atoms with Gasteiger partial charge < -0.3 is 0 Å². The lowest BCUT2D eigenvalue weighted by molar-refractivity contribution is 0.540. The first-order chi connectivity index (χ1) is 23.2. The van der Waals surface area contributed by atoms with Gasteiger partial charge >= 0.3 is 0 Å². The molecule has 47 heavy (non-hydrogen) atoms. The highest BCUT2D eigenvalue weighted by Gasteiger charge is 2.30. The second-order valence-electron chi connectivity index (χ2n) is 12.1. The van der Waals surface area contributed by atoms with Gasteiger partial charge in [0, 0.05) is 0 Å². The molecule has 0 spiro atoms. The summed E-state index contributed by atoms with van der Waals surface area (Å²) in [7, 11) is 2.13. The van der Waals surface area contributed by atoms with E-state index in [1.54, 1.807) is 0 Å². The Labute approximate surface area is 288 Å². The Hall–Kier alpha value is -2.96. The third-order valence-corrected chi connectivity index (χ3v) is 17.3. The van der Waals surface area contributed by atoms with Crippen molar-refractivity contribution in [1.29, 1.82) is 0 Å². The number of hydrogen-bond acceptors (Lipinski definition) is 0. The summed E-state index contributed by atoms with van der Waals surface area (Å²) in [5.41, 5.74) is 0. The molecular formula is C43H44P4. The van der Waals surface area contributed by atoms with Crippen LogP contribution in [0, 0.1) is 0 Å². The summed E-state index contributed by atoms with van der Waals surface area (Å²) >= 11 is 0. The van der Waals surface area contributed by atoms with E-state index >= 15 is 0 Å². The van der Waals surface area contributed by atoms with Crippen LogP contribution in [0.2, 0.25) is 0 Å². The fourth-order valence-corrected chi connectivity index (χ4v) is 15.1. The third-order valence-electron chi connectivity index (χ3n) is 8.91. The molecule has 0 fully saturated rings. The molecule has 0 saturated carbocycles. The first-order valence-electron chi connectivity index (χ1n) is 16.6. The molecule has 4 heteroatoms. The number of hydrogen-bond donors (Lipinski definition) is 0. The molecule has 0 bridgehead atoms. The molecule has 0 aromatic heterocycles. The van der Waals surface area contributed by atoms with E-state index in [0.29, 0.717) is 0 Å². The van der Waals surface area contributed by atoms with Gasteiger partial charge in [-0.25, -0.2) is 0 Å². The Balaban J connectivity index is 1.30. The molecule has 0 amide bonds. The minimum absolute atomic E-state index is 0.137. The second-order valence-corrected chi connectivity index (χ2v) is 20.3. The van der Waals surface area contributed by atoms with Crippen molar-refractivity contribution in [3.63, 3.8) is 0 Å². The predicted octanol–water partition coefficient (Wildman–Crippen LogP) is 9.17. The van der Waals surface area contributed by atoms with Crippen LogP contribution in [-0.4, -0.2) is 23.6 Å². The van der Waals surface area contributed by atoms with E-state index in [4.69, 9.17) is 0 Å². The van der Waals surface area contributed by atoms with Crippen molar-refractivity contribution in [3.05, 3.63) is 182 Å². The zero-order valence-electron chi connectivity index (χ0n) is 27.0. The van der Waals surface area contributed by atoms with Gasteiger partial charge in [-0.05, 0) is 98.5 Å². The molecular weight excluding hydrogens is 640 g/mol. The van der Waals surface area contributed by atoms with Crippen LogP contribution in [-0.2, 0) is 0 Å². The summed E-state index contributed by atoms with van der Waals surface area (Å²) in [6.45, 7) is 0. The van der Waals surface area contributed by atoms with E-state index in [2.05, 4.69) is 191 Å². The number of benzene rings is 6. The van der Waals surface area contributed by atoms with Gasteiger partial charge in [-0.2, -0.15) is 0 Å². The maximum Gasteiger partial charge on any atom is -0.0139 e. The van der Waals surface area contributed by atoms with Crippen LogP contribution in [0.1, 0.15) is 19.3 Å². The molecule has 0 heterocycles. The van der Waals surface area contributed by atoms with Crippen molar-refractivity contribution in [2.75, 3.05) is 18.5 Å². The zero-order chi connectivity index (χ0) is 32.2. The van der Waals surface area contributed by atoms with Crippen molar-refractivity contribution in [2.24, 2.45) is 0 Å². The average Bonchev–Trinajstić information content (AvgIpc) is 3.15. The van der Waals surface area contributed by atoms with Crippen LogP contribution in [0.3, 0.4) is 0 Å². The monoisotopic (exact) mass is 684 g/mol. The maximum atomic E-state index is 3.47. The Kier molecular flexibility index (Phi) is 12.6. The smallest absolute Gasteiger partial charge is 0.0139 e. The quantitative estimate of drug-likeness (QED) is 0.0947. The molecule has 0 aliphatic carbocycles. The lowest BCUT2D eigenvalue weighted by atomic mass is 9.99. The first kappa shape index (κ1) is 33.9. The van der Waals surface area contributed by atoms with Crippen molar-refractivity contribution in [2.45, 2.75) is 24.4 Å². The highest BCUT2D eigenvalue weighted by atomic mass is 31.1. The predicted molar refractivity (Wildman–Crippen MR) is 218 cm³/mol. The van der Waals surface area contributed by atoms with Crippen LogP contribution in [0.25, 0.3) is 0 Å². The molecule has 0 N–H and O–H groups in total. The van der Waals surface area contributed by atoms with Crippen molar-refractivity contribution in [3.8, 4) is 0 Å². The highest BCUT2D eigenvalue weighted by molar-refractivity contribution is 7.73. The van der Waals surface area contributed by atoms with E-state index in [9.17, 15) is 0 Å². The van der Waals surface area contributed by atoms with E-state index in [0.717, 1.165) is 0 Å². The second kappa shape index (κ2) is 17.4. The molecule has 0 aliphatic rings. The van der Waals surface area contributed by atoms with Crippen LogP contribution in [0.4, 0.5) is 0 Å². The fraction of sp³-hybridized carbons (Fsp3) is 0.163. The molecule has 6 aromatic rings. The fourth-order valence-electron chi connectivity index (χ4n) is 6.25. The van der Waals surface area contributed by atoms with E-state index in [1.807, 2.05) is 0 Å². The SMILES string of the molecule is PC(CCP(c1ccccc1)c1ccccc1)(CCP(c1ccccc1)c1ccccc1)CCP(c1ccccc1)c1ccccc1. The van der Waals surface area contributed by atoms with Crippen LogP contribution >= 0.6 is 33.0 Å². The molecule has 1 atom stereocenters. The largest absolute Gasteiger partial charge is 0.131 e. The molecule has 236 valence electrons. The van der Waals surface area contributed by atoms with Gasteiger partial charge in [-0.3, -0.25) is 0 Å². The summed E-state index contributed by atoms with van der Waals surface area (Å²) in [6, 6.07) is 67.5. The Morgan fingerprint density at radius 3 is 0.638 bits per heavy atom. The highest BCUT2D eigenvalue weighted by Crippen LogP contribution is 2.47. The van der Waals surface area contributed by atoms with Crippen LogP contribution in [0.15, 0.2) is 182 Å². The zero-order valence-corrected chi connectivity index (χ0v) is 30.8. The standard InChI is InChI=1S/C43H44P4/c44-43(31-34-45(37-19-7-1-8-20-37)38-21-9-2-10-22-38,32-35-46(39-23-11-3-12-24-39)40-25-13-4-14-26-40)33-36-47(41-27-15-5-16-28-41)42-29-17-6-18-30-42/h1-30H,31-36,44H2. The van der Waals surface area contributed by atoms with Gasteiger partial charge in [0.15, 0.2) is 0 Å². The molecule has 6 rings (SSSR count). The molecule has 0 saturated heterocycles. The van der Waals surface area contributed by atoms with E-state index in [-0.39, 0.29) is 5.16 Å². The summed E-state index contributed by atoms with van der Waals surface area (Å²) in [5, 5.41) is 9.01. The average molecular weight is 685 g/mol. The molecule has 6 aromatic carbocycles. The van der Waals surface area contributed by atoms with Gasteiger partial charge in [-0.15, -0.1) is 9.24 Å². The number of rotatable bonds is 15. The third kappa shape index (κ3) is 9.57. The normalized spacial score (nSPS) is 11.7. The van der Waals surface area contributed by atoms with E-state index < -0.39 is 23.8 Å². The Morgan fingerprint density at radius 1 is 0.298 bits per heavy atom. The van der Waals surface area contributed by atoms with Gasteiger partial charge in [-0.1, -0.05) is 182 Å². The summed E-state index contributed by atoms with van der Waals surface area (Å²) < 4.78 is 0. The minimum Gasteiger partial charge on any atom is -0.131 e. The summed E-state index contributed by atoms with van der Waals surface area (Å²) in [5.74, 6) is 0. The van der Waals surface area contributed by atoms with Gasteiger partial charge in [0.1, 0.15) is 0 Å². The molecule has 1 unspecified atom stereocenters. The summed E-state index contributed by atoms with van der Waals surface area (Å²) in [4.78, 5) is 0. The van der Waals surface area contributed by atoms with Crippen LogP contribution in [0.5, 0.6) is 0 Å². The summed E-state index contributed by atoms with van der Waals surface area (Å²) in [6.07, 6.45) is 7.13. The maximum absolute atomic E-state index is 3.47. The molecule has 0 nitrogen and oxygen atoms in total. The van der Waals surface area contributed by atoms with Crippen molar-refractivity contribution < 1.29 is 0 Å². The lowest BCUT2D eigenvalue weighted by Crippen LogP contribution is -2.29.